The number of nitro groups is 1. The molecule has 12 nitrogen and oxygen atoms in total. The van der Waals surface area contributed by atoms with Gasteiger partial charge in [-0.05, 0) is 76.0 Å². The number of ether oxygens (including phenoxy) is 1. The molecule has 0 radical (unpaired) electrons. The van der Waals surface area contributed by atoms with Crippen LogP contribution in [0.25, 0.3) is 0 Å². The number of amides is 1. The Balaban J connectivity index is 1.51. The van der Waals surface area contributed by atoms with Crippen LogP contribution >= 0.6 is 0 Å². The maximum atomic E-state index is 11.9. The van der Waals surface area contributed by atoms with Crippen molar-refractivity contribution >= 4 is 29.5 Å². The van der Waals surface area contributed by atoms with Crippen LogP contribution in [0.2, 0.25) is 0 Å². The second kappa shape index (κ2) is 12.3. The number of carbonyl (C=O) groups is 2. The highest BCUT2D eigenvalue weighted by atomic mass is 16.6. The summed E-state index contributed by atoms with van der Waals surface area (Å²) in [6.07, 6.45) is 4.48. The van der Waals surface area contributed by atoms with Crippen LogP contribution in [0.3, 0.4) is 0 Å². The lowest BCUT2D eigenvalue weighted by atomic mass is 9.82. The zero-order valence-corrected chi connectivity index (χ0v) is 21.3. The van der Waals surface area contributed by atoms with Gasteiger partial charge in [-0.1, -0.05) is 12.1 Å². The van der Waals surface area contributed by atoms with Crippen LogP contribution in [0.15, 0.2) is 30.5 Å². The van der Waals surface area contributed by atoms with Crippen LogP contribution in [0.4, 0.5) is 22.2 Å². The number of carboxylic acid groups (broad SMARTS) is 1. The molecule has 1 amide bonds. The van der Waals surface area contributed by atoms with Gasteiger partial charge in [0, 0.05) is 19.6 Å². The molecule has 1 aliphatic rings. The molecule has 3 rings (SSSR count). The van der Waals surface area contributed by atoms with Gasteiger partial charge in [-0.15, -0.1) is 0 Å². The molecule has 0 spiro atoms. The molecule has 0 unspecified atom stereocenters. The smallest absolute Gasteiger partial charge is 0.407 e. The van der Waals surface area contributed by atoms with Crippen molar-refractivity contribution in [3.63, 3.8) is 0 Å². The minimum absolute atomic E-state index is 0.135. The number of rotatable bonds is 10. The zero-order valence-electron chi connectivity index (χ0n) is 21.3. The number of benzene rings is 1. The normalized spacial score (nSPS) is 17.5. The quantitative estimate of drug-likeness (QED) is 0.263. The van der Waals surface area contributed by atoms with Crippen LogP contribution in [0.1, 0.15) is 62.4 Å². The van der Waals surface area contributed by atoms with Gasteiger partial charge in [0.05, 0.1) is 10.5 Å². The first kappa shape index (κ1) is 27.6. The number of aromatic nitrogens is 2. The van der Waals surface area contributed by atoms with Gasteiger partial charge in [-0.3, -0.25) is 10.1 Å². The third-order valence-electron chi connectivity index (χ3n) is 6.05. The van der Waals surface area contributed by atoms with E-state index >= 15 is 0 Å². The molecule has 1 aromatic carbocycles. The topological polar surface area (TPSA) is 169 Å². The van der Waals surface area contributed by atoms with E-state index in [9.17, 15) is 19.7 Å². The monoisotopic (exact) mass is 514 g/mol. The first-order valence-electron chi connectivity index (χ1n) is 12.3. The van der Waals surface area contributed by atoms with Gasteiger partial charge in [0.15, 0.2) is 0 Å². The molecule has 4 N–H and O–H groups in total. The van der Waals surface area contributed by atoms with Crippen LogP contribution in [-0.2, 0) is 11.3 Å². The number of hydrogen-bond acceptors (Lipinski definition) is 9. The number of carbonyl (C=O) groups excluding carboxylic acids is 1. The van der Waals surface area contributed by atoms with Gasteiger partial charge >= 0.3 is 17.7 Å². The summed E-state index contributed by atoms with van der Waals surface area (Å²) in [5, 5.41) is 29.6. The molecule has 1 fully saturated rings. The fourth-order valence-electron chi connectivity index (χ4n) is 4.14. The lowest BCUT2D eigenvalue weighted by molar-refractivity contribution is -0.384. The number of hydrogen-bond donors (Lipinski definition) is 4. The molecule has 2 aromatic rings. The number of aromatic carboxylic acids is 1. The van der Waals surface area contributed by atoms with Crippen molar-refractivity contribution in [1.29, 1.82) is 0 Å². The maximum absolute atomic E-state index is 11.9. The number of anilines is 2. The Bertz CT molecular complexity index is 1110. The molecule has 1 saturated carbocycles. The summed E-state index contributed by atoms with van der Waals surface area (Å²) < 4.78 is 5.28. The van der Waals surface area contributed by atoms with E-state index in [0.29, 0.717) is 30.5 Å². The molecule has 1 aromatic heterocycles. The van der Waals surface area contributed by atoms with Crippen molar-refractivity contribution in [2.45, 2.75) is 58.6 Å². The SMILES string of the molecule is CC(C)(C)OC(=O)NCC1CCC(CNc2nc(NCc3cccc(C(=O)O)c3)ncc2[N+](=O)[O-])CC1. The minimum Gasteiger partial charge on any atom is -0.478 e. The maximum Gasteiger partial charge on any atom is 0.407 e. The van der Waals surface area contributed by atoms with Crippen molar-refractivity contribution < 1.29 is 24.4 Å². The van der Waals surface area contributed by atoms with Crippen molar-refractivity contribution in [2.75, 3.05) is 23.7 Å². The average molecular weight is 515 g/mol. The number of nitrogens with zero attached hydrogens (tertiary/aromatic N) is 3. The number of carboxylic acids is 1. The number of alkyl carbamates (subject to hydrolysis) is 1. The number of nitrogens with one attached hydrogen (secondary N) is 3. The largest absolute Gasteiger partial charge is 0.478 e. The summed E-state index contributed by atoms with van der Waals surface area (Å²) in [6, 6.07) is 6.45. The van der Waals surface area contributed by atoms with Crippen LogP contribution < -0.4 is 16.0 Å². The summed E-state index contributed by atoms with van der Waals surface area (Å²) in [6.45, 7) is 6.84. The minimum atomic E-state index is -1.02. The first-order valence-corrected chi connectivity index (χ1v) is 12.3. The van der Waals surface area contributed by atoms with Gasteiger partial charge in [0.2, 0.25) is 11.8 Å². The Labute approximate surface area is 215 Å². The van der Waals surface area contributed by atoms with E-state index in [2.05, 4.69) is 25.9 Å². The summed E-state index contributed by atoms with van der Waals surface area (Å²) in [5.41, 5.74) is 0.141. The Hall–Kier alpha value is -3.96. The molecule has 37 heavy (non-hydrogen) atoms. The zero-order chi connectivity index (χ0) is 27.0. The Kier molecular flexibility index (Phi) is 9.20. The molecule has 200 valence electrons. The molecular weight excluding hydrogens is 480 g/mol. The van der Waals surface area contributed by atoms with Gasteiger partial charge in [-0.2, -0.15) is 4.98 Å². The highest BCUT2D eigenvalue weighted by Gasteiger charge is 2.24. The Morgan fingerprint density at radius 1 is 1.14 bits per heavy atom. The standard InChI is InChI=1S/C25H34N6O6/c1-25(2,3)37-24(34)29-13-17-9-7-16(8-10-17)12-26-21-20(31(35)36)15-28-23(30-21)27-14-18-5-4-6-19(11-18)22(32)33/h4-6,11,15-17H,7-10,12-14H2,1-3H3,(H,29,34)(H,32,33)(H2,26,27,28,30). The molecule has 1 aliphatic carbocycles. The van der Waals surface area contributed by atoms with Gasteiger partial charge in [-0.25, -0.2) is 14.6 Å². The van der Waals surface area contributed by atoms with Gasteiger partial charge < -0.3 is 25.8 Å². The summed E-state index contributed by atoms with van der Waals surface area (Å²) in [7, 11) is 0. The average Bonchev–Trinajstić information content (AvgIpc) is 2.84. The van der Waals surface area contributed by atoms with Crippen molar-refractivity contribution in [2.24, 2.45) is 11.8 Å². The molecule has 0 bridgehead atoms. The fraction of sp³-hybridized carbons (Fsp3) is 0.520. The van der Waals surface area contributed by atoms with Crippen molar-refractivity contribution in [3.8, 4) is 0 Å². The van der Waals surface area contributed by atoms with Gasteiger partial charge in [0.1, 0.15) is 11.8 Å². The van der Waals surface area contributed by atoms with E-state index < -0.39 is 22.6 Å². The van der Waals surface area contributed by atoms with E-state index in [1.54, 1.807) is 18.2 Å². The molecule has 0 saturated heterocycles. The first-order chi connectivity index (χ1) is 17.5. The second-order valence-electron chi connectivity index (χ2n) is 10.2. The van der Waals surface area contributed by atoms with E-state index in [-0.39, 0.29) is 29.6 Å². The molecule has 12 heteroatoms. The van der Waals surface area contributed by atoms with E-state index in [1.807, 2.05) is 20.8 Å². The van der Waals surface area contributed by atoms with Gasteiger partial charge in [0.25, 0.3) is 0 Å². The predicted molar refractivity (Wildman–Crippen MR) is 138 cm³/mol. The third kappa shape index (κ3) is 8.89. The Morgan fingerprint density at radius 3 is 2.43 bits per heavy atom. The molecular formula is C25H34N6O6. The summed E-state index contributed by atoms with van der Waals surface area (Å²) >= 11 is 0. The predicted octanol–water partition coefficient (Wildman–Crippen LogP) is 4.44. The summed E-state index contributed by atoms with van der Waals surface area (Å²) in [5.74, 6) is 0.00427. The lowest BCUT2D eigenvalue weighted by Crippen LogP contribution is -2.36. The van der Waals surface area contributed by atoms with Crippen LogP contribution in [-0.4, -0.2) is 50.8 Å². The molecule has 0 aliphatic heterocycles. The molecule has 0 atom stereocenters. The van der Waals surface area contributed by atoms with Crippen LogP contribution in [0.5, 0.6) is 0 Å². The van der Waals surface area contributed by atoms with Crippen molar-refractivity contribution in [3.05, 3.63) is 51.7 Å². The molecule has 1 heterocycles. The second-order valence-corrected chi connectivity index (χ2v) is 10.2. The highest BCUT2D eigenvalue weighted by molar-refractivity contribution is 5.87. The third-order valence-corrected chi connectivity index (χ3v) is 6.05. The highest BCUT2D eigenvalue weighted by Crippen LogP contribution is 2.30. The fourth-order valence-corrected chi connectivity index (χ4v) is 4.14. The lowest BCUT2D eigenvalue weighted by Gasteiger charge is -2.29. The summed E-state index contributed by atoms with van der Waals surface area (Å²) in [4.78, 5) is 42.3. The van der Waals surface area contributed by atoms with E-state index in [1.165, 1.54) is 6.07 Å². The van der Waals surface area contributed by atoms with E-state index in [0.717, 1.165) is 31.9 Å². The van der Waals surface area contributed by atoms with Crippen molar-refractivity contribution in [1.82, 2.24) is 15.3 Å². The van der Waals surface area contributed by atoms with E-state index in [4.69, 9.17) is 9.84 Å². The Morgan fingerprint density at radius 2 is 1.81 bits per heavy atom. The van der Waals surface area contributed by atoms with Crippen LogP contribution in [0, 0.1) is 22.0 Å².